The van der Waals surface area contributed by atoms with Gasteiger partial charge in [0.15, 0.2) is 17.4 Å². The Morgan fingerprint density at radius 1 is 1.01 bits per heavy atom. The summed E-state index contributed by atoms with van der Waals surface area (Å²) >= 11 is 1.51. The van der Waals surface area contributed by atoms with Crippen LogP contribution in [0.2, 0.25) is 0 Å². The molecule has 5 atom stereocenters. The molecule has 2 bridgehead atoms. The summed E-state index contributed by atoms with van der Waals surface area (Å²) in [6.45, 7) is 18.4. The third-order valence-corrected chi connectivity index (χ3v) is 16.2. The molecule has 21 heteroatoms. The number of nitrogen functional groups attached to an aromatic ring is 1. The number of rotatable bonds is 21. The Morgan fingerprint density at radius 2 is 1.77 bits per heavy atom. The first-order chi connectivity index (χ1) is 37.1. The number of thioether (sulfide) groups is 1. The highest BCUT2D eigenvalue weighted by Crippen LogP contribution is 2.40. The summed E-state index contributed by atoms with van der Waals surface area (Å²) in [5.74, 6) is -0.281. The van der Waals surface area contributed by atoms with Gasteiger partial charge in [-0.2, -0.15) is 4.68 Å². The van der Waals surface area contributed by atoms with E-state index in [1.165, 1.54) is 40.7 Å². The Morgan fingerprint density at radius 3 is 2.51 bits per heavy atom. The van der Waals surface area contributed by atoms with E-state index in [0.29, 0.717) is 77.9 Å². The Kier molecular flexibility index (Phi) is 19.3. The quantitative estimate of drug-likeness (QED) is 0.0490. The molecule has 3 amide bonds. The molecule has 0 aliphatic carbocycles. The van der Waals surface area contributed by atoms with E-state index in [2.05, 4.69) is 25.4 Å². The van der Waals surface area contributed by atoms with Crippen molar-refractivity contribution in [3.8, 4) is 16.9 Å². The zero-order valence-corrected chi connectivity index (χ0v) is 45.4. The summed E-state index contributed by atoms with van der Waals surface area (Å²) < 4.78 is 33.0. The number of likely N-dealkylation sites (tertiary alicyclic amines) is 2. The number of carbonyl (C=O) groups is 5. The number of likely N-dealkylation sites (N-methyl/N-ethyl adjacent to an activating group) is 1. The number of nitrogens with two attached hydrogens (primary N) is 1. The van der Waals surface area contributed by atoms with Crippen molar-refractivity contribution < 1.29 is 42.6 Å². The summed E-state index contributed by atoms with van der Waals surface area (Å²) in [4.78, 5) is 86.7. The number of halogens is 1. The number of carbonyl (C=O) groups excluding carboxylic acids is 5. The minimum absolute atomic E-state index is 0.00429. The van der Waals surface area contributed by atoms with Gasteiger partial charge >= 0.3 is 0 Å². The van der Waals surface area contributed by atoms with Gasteiger partial charge in [0.1, 0.15) is 36.0 Å². The van der Waals surface area contributed by atoms with Crippen molar-refractivity contribution in [2.45, 2.75) is 96.6 Å². The molecule has 4 aliphatic heterocycles. The number of hydrogen-bond acceptors (Lipinski definition) is 15. The van der Waals surface area contributed by atoms with Crippen LogP contribution >= 0.6 is 11.8 Å². The maximum Gasteiger partial charge on any atom is 0.260 e. The number of ether oxygens (including phenoxy) is 3. The Balaban J connectivity index is 0.761. The molecular weight excluding hydrogens is 1010 g/mol. The highest BCUT2D eigenvalue weighted by Gasteiger charge is 2.43. The van der Waals surface area contributed by atoms with E-state index in [1.54, 1.807) is 37.3 Å². The minimum atomic E-state index is -0.589. The van der Waals surface area contributed by atoms with Crippen LogP contribution in [-0.4, -0.2) is 161 Å². The number of amides is 3. The van der Waals surface area contributed by atoms with E-state index in [9.17, 15) is 28.4 Å². The zero-order chi connectivity index (χ0) is 54.8. The fraction of sp³-hybridized carbons (Fsp3) is 0.518. The molecule has 0 saturated carbocycles. The maximum absolute atomic E-state index is 14.5. The van der Waals surface area contributed by atoms with Crippen LogP contribution in [0.5, 0.6) is 5.75 Å². The number of ketones is 2. The molecule has 410 valence electrons. The van der Waals surface area contributed by atoms with Gasteiger partial charge in [-0.15, -0.1) is 16.9 Å². The molecule has 2 saturated heterocycles. The SMILES string of the molecule is [C-]#[N+]c1c2c(nn1CCNC(=O)CCOCCOCCN1CCC([C@H](CC(=O)[C@H](C)NC)C(=O)N3CCC[C@H]3C3=NC(C(=O)c4ccc(F)cc4)CS3)CC1)CN(C)C(=O)c1ccc(C)cc1[C@@H](C)Oc1cc-2cnc1N. The topological polar surface area (TPSA) is 220 Å². The number of benzene rings is 2. The normalized spacial score (nSPS) is 19.7. The number of piperidine rings is 1. The summed E-state index contributed by atoms with van der Waals surface area (Å²) in [5, 5.41) is 11.5. The summed E-state index contributed by atoms with van der Waals surface area (Å²) in [7, 11) is 3.44. The molecule has 4 aliphatic rings. The van der Waals surface area contributed by atoms with Gasteiger partial charge in [0.25, 0.3) is 11.7 Å². The van der Waals surface area contributed by atoms with Crippen LogP contribution in [0.25, 0.3) is 16.0 Å². The van der Waals surface area contributed by atoms with E-state index < -0.39 is 23.9 Å². The van der Waals surface area contributed by atoms with Crippen LogP contribution in [0.3, 0.4) is 0 Å². The van der Waals surface area contributed by atoms with Crippen molar-refractivity contribution in [1.82, 2.24) is 40.1 Å². The highest BCUT2D eigenvalue weighted by atomic mass is 32.2. The first kappa shape index (κ1) is 56.6. The maximum atomic E-state index is 14.5. The molecule has 2 aromatic carbocycles. The number of Topliss-reactive ketones (excluding diaryl/α,β-unsaturated/α-hetero) is 2. The number of nitrogens with one attached hydrogen (secondary N) is 2. The Bertz CT molecular complexity index is 2870. The molecular formula is C56H70FN11O8S. The third-order valence-electron chi connectivity index (χ3n) is 15.0. The van der Waals surface area contributed by atoms with Crippen molar-refractivity contribution in [3.05, 3.63) is 99.9 Å². The minimum Gasteiger partial charge on any atom is -0.482 e. The van der Waals surface area contributed by atoms with Crippen molar-refractivity contribution in [2.24, 2.45) is 16.8 Å². The first-order valence-corrected chi connectivity index (χ1v) is 27.5. The molecule has 6 heterocycles. The highest BCUT2D eigenvalue weighted by molar-refractivity contribution is 8.14. The lowest BCUT2D eigenvalue weighted by Crippen LogP contribution is -2.48. The van der Waals surface area contributed by atoms with Crippen LogP contribution in [0, 0.1) is 31.1 Å². The van der Waals surface area contributed by atoms with Gasteiger partial charge in [0, 0.05) is 73.1 Å². The zero-order valence-electron chi connectivity index (χ0n) is 44.6. The van der Waals surface area contributed by atoms with Gasteiger partial charge in [-0.1, -0.05) is 24.3 Å². The summed E-state index contributed by atoms with van der Waals surface area (Å²) in [5.41, 5.74) is 10.4. The summed E-state index contributed by atoms with van der Waals surface area (Å²) in [6, 6.07) is 11.6. The number of anilines is 1. The predicted molar refractivity (Wildman–Crippen MR) is 291 cm³/mol. The standard InChI is InChI=1S/C56H70FN11O8S/c1-34-9-14-41-42(28-34)36(3)76-48-29-39(31-62-52(48)58)50-44(32-65(6)55(41)72)64-68(53(50)60-5)22-18-61-49(70)17-24-74-26-27-75-25-23-66-20-15-37(16-21-66)43(30-47(69)35(2)59-4)56(73)67-19-7-8-46(67)54-63-45(33-77-54)51(71)38-10-12-40(57)13-11-38/h9-14,28-29,31,35-37,43,45-46,59H,7-8,15-27,30,32-33H2,1-4,6H3,(H2,58,62)(H,61,70)/t35-,36+,43-,45?,46-/m0/s1. The number of fused-ring (bicyclic) bond motifs is 5. The van der Waals surface area contributed by atoms with E-state index in [-0.39, 0.29) is 98.0 Å². The monoisotopic (exact) mass is 1080 g/mol. The predicted octanol–water partition coefficient (Wildman–Crippen LogP) is 6.07. The van der Waals surface area contributed by atoms with Gasteiger partial charge < -0.3 is 50.1 Å². The van der Waals surface area contributed by atoms with E-state index >= 15 is 0 Å². The second-order valence-electron chi connectivity index (χ2n) is 20.2. The molecule has 77 heavy (non-hydrogen) atoms. The third kappa shape index (κ3) is 13.8. The Hall–Kier alpha value is -6.57. The Labute approximate surface area is 453 Å². The van der Waals surface area contributed by atoms with Gasteiger partial charge in [0.05, 0.1) is 56.6 Å². The first-order valence-electron chi connectivity index (χ1n) is 26.5. The van der Waals surface area contributed by atoms with Crippen LogP contribution in [0.15, 0.2) is 59.7 Å². The molecule has 8 rings (SSSR count). The molecule has 4 N–H and O–H groups in total. The largest absolute Gasteiger partial charge is 0.482 e. The van der Waals surface area contributed by atoms with Crippen molar-refractivity contribution in [1.29, 1.82) is 0 Å². The second-order valence-corrected chi connectivity index (χ2v) is 21.3. The smallest absolute Gasteiger partial charge is 0.260 e. The molecule has 19 nitrogen and oxygen atoms in total. The van der Waals surface area contributed by atoms with E-state index in [1.807, 2.05) is 37.8 Å². The lowest BCUT2D eigenvalue weighted by atomic mass is 9.79. The molecule has 0 radical (unpaired) electrons. The fourth-order valence-corrected chi connectivity index (χ4v) is 11.7. The van der Waals surface area contributed by atoms with Crippen LogP contribution in [-0.2, 0) is 36.9 Å². The molecule has 2 fully saturated rings. The number of nitrogens with zero attached hydrogens (tertiary/aromatic N) is 8. The lowest BCUT2D eigenvalue weighted by molar-refractivity contribution is -0.141. The fourth-order valence-electron chi connectivity index (χ4n) is 10.5. The number of aliphatic imine (C=N–C) groups is 1. The average molecular weight is 1080 g/mol. The van der Waals surface area contributed by atoms with Crippen LogP contribution in [0.4, 0.5) is 16.0 Å². The van der Waals surface area contributed by atoms with Crippen molar-refractivity contribution in [3.63, 3.8) is 0 Å². The number of aromatic nitrogens is 3. The van der Waals surface area contributed by atoms with Gasteiger partial charge in [-0.05, 0) is 114 Å². The number of aryl methyl sites for hydroxylation is 1. The molecule has 1 unspecified atom stereocenters. The lowest BCUT2D eigenvalue weighted by Gasteiger charge is -2.38. The number of pyridine rings is 1. The molecule has 0 spiro atoms. The second kappa shape index (κ2) is 26.2. The molecule has 4 aromatic rings. The van der Waals surface area contributed by atoms with E-state index in [4.69, 9.17) is 36.6 Å². The van der Waals surface area contributed by atoms with Gasteiger partial charge in [-0.3, -0.25) is 29.0 Å². The van der Waals surface area contributed by atoms with Gasteiger partial charge in [0.2, 0.25) is 11.8 Å². The average Bonchev–Trinajstić information content (AvgIpc) is 4.25. The molecule has 2 aromatic heterocycles. The number of hydrogen-bond donors (Lipinski definition) is 3. The van der Waals surface area contributed by atoms with Crippen LogP contribution < -0.4 is 21.1 Å². The van der Waals surface area contributed by atoms with Crippen LogP contribution in [0.1, 0.15) is 96.0 Å². The van der Waals surface area contributed by atoms with Gasteiger partial charge in [-0.25, -0.2) is 9.37 Å². The summed E-state index contributed by atoms with van der Waals surface area (Å²) in [6.07, 6.45) is 4.41. The van der Waals surface area contributed by atoms with E-state index in [0.717, 1.165) is 49.4 Å². The van der Waals surface area contributed by atoms with Crippen molar-refractivity contribution in [2.75, 3.05) is 84.7 Å². The van der Waals surface area contributed by atoms with Crippen molar-refractivity contribution >= 4 is 57.7 Å².